The molecule has 0 bridgehead atoms. The monoisotopic (exact) mass is 345 g/mol. The van der Waals surface area contributed by atoms with Gasteiger partial charge in [0.2, 0.25) is 0 Å². The summed E-state index contributed by atoms with van der Waals surface area (Å²) in [7, 11) is 0. The van der Waals surface area contributed by atoms with Crippen LogP contribution in [0.3, 0.4) is 0 Å². The Hall–Kier alpha value is -0.550. The van der Waals surface area contributed by atoms with E-state index in [1.165, 1.54) is 11.8 Å². The first-order valence-corrected chi connectivity index (χ1v) is 8.22. The molecule has 0 N–H and O–H groups in total. The number of hydrogen-bond donors (Lipinski definition) is 0. The van der Waals surface area contributed by atoms with Crippen LogP contribution in [0.25, 0.3) is 6.08 Å². The molecule has 1 saturated heterocycles. The molecule has 6 heteroatoms. The minimum absolute atomic E-state index is 0.0653. The molecule has 0 atom stereocenters. The van der Waals surface area contributed by atoms with Crippen molar-refractivity contribution >= 4 is 63.5 Å². The van der Waals surface area contributed by atoms with Crippen molar-refractivity contribution in [2.45, 2.75) is 19.8 Å². The molecule has 0 radical (unpaired) electrons. The zero-order chi connectivity index (χ0) is 14.7. The van der Waals surface area contributed by atoms with Gasteiger partial charge in [-0.05, 0) is 24.6 Å². The molecule has 1 aromatic carbocycles. The minimum atomic E-state index is -0.0653. The fourth-order valence-electron chi connectivity index (χ4n) is 1.79. The fraction of sp³-hybridized carbons (Fsp3) is 0.286. The lowest BCUT2D eigenvalue weighted by molar-refractivity contribution is -0.122. The topological polar surface area (TPSA) is 20.3 Å². The number of benzene rings is 1. The summed E-state index contributed by atoms with van der Waals surface area (Å²) in [5.41, 5.74) is 0.659. The number of nitrogens with zero attached hydrogens (tertiary/aromatic N) is 1. The van der Waals surface area contributed by atoms with Crippen LogP contribution >= 0.6 is 47.2 Å². The van der Waals surface area contributed by atoms with Gasteiger partial charge in [0.1, 0.15) is 4.32 Å². The summed E-state index contributed by atoms with van der Waals surface area (Å²) < 4.78 is 0.595. The molecule has 1 amide bonds. The van der Waals surface area contributed by atoms with Crippen LogP contribution in [0.5, 0.6) is 0 Å². The van der Waals surface area contributed by atoms with Crippen LogP contribution in [0.15, 0.2) is 23.1 Å². The second-order valence-electron chi connectivity index (χ2n) is 4.32. The minimum Gasteiger partial charge on any atom is -0.293 e. The summed E-state index contributed by atoms with van der Waals surface area (Å²) in [6, 6.07) is 5.27. The van der Waals surface area contributed by atoms with Gasteiger partial charge in [0.05, 0.1) is 4.91 Å². The number of halogens is 2. The average Bonchev–Trinajstić information content (AvgIpc) is 2.67. The predicted molar refractivity (Wildman–Crippen MR) is 91.2 cm³/mol. The molecule has 1 aliphatic rings. The number of hydrogen-bond acceptors (Lipinski definition) is 3. The second-order valence-corrected chi connectivity index (χ2v) is 6.81. The smallest absolute Gasteiger partial charge is 0.266 e. The van der Waals surface area contributed by atoms with Crippen molar-refractivity contribution in [3.63, 3.8) is 0 Å². The zero-order valence-electron chi connectivity index (χ0n) is 10.9. The van der Waals surface area contributed by atoms with Gasteiger partial charge in [-0.25, -0.2) is 0 Å². The maximum absolute atomic E-state index is 12.3. The Balaban J connectivity index is 2.28. The SMILES string of the molecule is CCCCN1C(=O)/C(=C/c2c(Cl)cccc2Cl)SC1=S. The van der Waals surface area contributed by atoms with Crippen molar-refractivity contribution in [2.24, 2.45) is 0 Å². The first-order chi connectivity index (χ1) is 9.54. The van der Waals surface area contributed by atoms with Crippen molar-refractivity contribution < 1.29 is 4.79 Å². The molecule has 106 valence electrons. The number of carbonyl (C=O) groups excluding carboxylic acids is 1. The van der Waals surface area contributed by atoms with Crippen molar-refractivity contribution in [3.05, 3.63) is 38.7 Å². The first-order valence-electron chi connectivity index (χ1n) is 6.24. The van der Waals surface area contributed by atoms with Crippen LogP contribution in [0.4, 0.5) is 0 Å². The Morgan fingerprint density at radius 3 is 2.60 bits per heavy atom. The van der Waals surface area contributed by atoms with Crippen LogP contribution in [0, 0.1) is 0 Å². The summed E-state index contributed by atoms with van der Waals surface area (Å²) in [4.78, 5) is 14.5. The van der Waals surface area contributed by atoms with E-state index in [-0.39, 0.29) is 5.91 Å². The van der Waals surface area contributed by atoms with Crippen LogP contribution < -0.4 is 0 Å². The zero-order valence-corrected chi connectivity index (χ0v) is 14.0. The number of thiocarbonyl (C=S) groups is 1. The van der Waals surface area contributed by atoms with Crippen molar-refractivity contribution in [1.82, 2.24) is 4.90 Å². The van der Waals surface area contributed by atoms with Crippen LogP contribution in [0.2, 0.25) is 10.0 Å². The van der Waals surface area contributed by atoms with E-state index in [0.717, 1.165) is 12.8 Å². The van der Waals surface area contributed by atoms with E-state index in [0.29, 0.717) is 31.4 Å². The number of thioether (sulfide) groups is 1. The molecule has 1 fully saturated rings. The van der Waals surface area contributed by atoms with Crippen LogP contribution in [0.1, 0.15) is 25.3 Å². The summed E-state index contributed by atoms with van der Waals surface area (Å²) >= 11 is 18.8. The van der Waals surface area contributed by atoms with Gasteiger partial charge in [0, 0.05) is 22.2 Å². The van der Waals surface area contributed by atoms with Gasteiger partial charge in [-0.15, -0.1) is 0 Å². The molecule has 2 rings (SSSR count). The van der Waals surface area contributed by atoms with E-state index in [4.69, 9.17) is 35.4 Å². The second kappa shape index (κ2) is 6.94. The Labute approximate surface area is 138 Å². The molecule has 1 aromatic rings. The Morgan fingerprint density at radius 2 is 2.00 bits per heavy atom. The maximum Gasteiger partial charge on any atom is 0.266 e. The van der Waals surface area contributed by atoms with Crippen LogP contribution in [-0.4, -0.2) is 21.7 Å². The summed E-state index contributed by atoms with van der Waals surface area (Å²) in [5.74, 6) is -0.0653. The Bertz CT molecular complexity index is 566. The van der Waals surface area contributed by atoms with Crippen LogP contribution in [-0.2, 0) is 4.79 Å². The molecule has 0 saturated carbocycles. The third-order valence-corrected chi connectivity index (χ3v) is 4.92. The van der Waals surface area contributed by atoms with Gasteiger partial charge >= 0.3 is 0 Å². The molecule has 1 aliphatic heterocycles. The lowest BCUT2D eigenvalue weighted by atomic mass is 10.2. The molecule has 0 aliphatic carbocycles. The van der Waals surface area contributed by atoms with E-state index in [9.17, 15) is 4.79 Å². The van der Waals surface area contributed by atoms with Gasteiger partial charge in [0.25, 0.3) is 5.91 Å². The normalized spacial score (nSPS) is 17.4. The average molecular weight is 346 g/mol. The largest absolute Gasteiger partial charge is 0.293 e. The fourth-order valence-corrected chi connectivity index (χ4v) is 3.59. The van der Waals surface area contributed by atoms with Gasteiger partial charge in [-0.3, -0.25) is 9.69 Å². The Kier molecular flexibility index (Phi) is 5.49. The molecule has 2 nitrogen and oxygen atoms in total. The van der Waals surface area contributed by atoms with Crippen molar-refractivity contribution in [1.29, 1.82) is 0 Å². The molecule has 0 spiro atoms. The third-order valence-electron chi connectivity index (χ3n) is 2.88. The van der Waals surface area contributed by atoms with E-state index >= 15 is 0 Å². The van der Waals surface area contributed by atoms with Gasteiger partial charge in [-0.1, -0.05) is 66.6 Å². The quantitative estimate of drug-likeness (QED) is 0.566. The maximum atomic E-state index is 12.3. The third kappa shape index (κ3) is 3.37. The highest BCUT2D eigenvalue weighted by molar-refractivity contribution is 8.26. The van der Waals surface area contributed by atoms with Gasteiger partial charge in [0.15, 0.2) is 0 Å². The molecule has 1 heterocycles. The highest BCUT2D eigenvalue weighted by atomic mass is 35.5. The first kappa shape index (κ1) is 15.8. The standard InChI is InChI=1S/C14H13Cl2NOS2/c1-2-3-7-17-13(18)12(20-14(17)19)8-9-10(15)5-4-6-11(9)16/h4-6,8H,2-3,7H2,1H3/b12-8-. The molecular formula is C14H13Cl2NOS2. The van der Waals surface area contributed by atoms with Crippen molar-refractivity contribution in [3.8, 4) is 0 Å². The molecule has 0 aromatic heterocycles. The molecule has 20 heavy (non-hydrogen) atoms. The predicted octanol–water partition coefficient (Wildman–Crippen LogP) is 4.99. The highest BCUT2D eigenvalue weighted by Gasteiger charge is 2.31. The van der Waals surface area contributed by atoms with E-state index in [2.05, 4.69) is 6.92 Å². The van der Waals surface area contributed by atoms with Gasteiger partial charge in [-0.2, -0.15) is 0 Å². The molecular weight excluding hydrogens is 333 g/mol. The lowest BCUT2D eigenvalue weighted by Crippen LogP contribution is -2.28. The number of rotatable bonds is 4. The van der Waals surface area contributed by atoms with E-state index < -0.39 is 0 Å². The number of unbranched alkanes of at least 4 members (excludes halogenated alkanes) is 1. The lowest BCUT2D eigenvalue weighted by Gasteiger charge is -2.13. The number of carbonyl (C=O) groups is 1. The Morgan fingerprint density at radius 1 is 1.35 bits per heavy atom. The van der Waals surface area contributed by atoms with Crippen molar-refractivity contribution in [2.75, 3.05) is 6.54 Å². The molecule has 0 unspecified atom stereocenters. The summed E-state index contributed by atoms with van der Waals surface area (Å²) in [5, 5.41) is 1.05. The van der Waals surface area contributed by atoms with E-state index in [1.807, 2.05) is 0 Å². The summed E-state index contributed by atoms with van der Waals surface area (Å²) in [6.45, 7) is 2.74. The highest BCUT2D eigenvalue weighted by Crippen LogP contribution is 2.35. The summed E-state index contributed by atoms with van der Waals surface area (Å²) in [6.07, 6.45) is 3.68. The van der Waals surface area contributed by atoms with E-state index in [1.54, 1.807) is 29.2 Å². The number of amides is 1. The van der Waals surface area contributed by atoms with Gasteiger partial charge < -0.3 is 0 Å².